The minimum Gasteiger partial charge on any atom is -0.0613 e. The monoisotopic (exact) mass is 260 g/mol. The van der Waals surface area contributed by atoms with Gasteiger partial charge in [0.15, 0.2) is 0 Å². The smallest absolute Gasteiger partial charge is 0.0224 e. The molecule has 1 aromatic carbocycles. The van der Waals surface area contributed by atoms with E-state index in [4.69, 9.17) is 0 Å². The first-order chi connectivity index (χ1) is 8.76. The van der Waals surface area contributed by atoms with E-state index in [1.165, 1.54) is 6.42 Å². The summed E-state index contributed by atoms with van der Waals surface area (Å²) in [6.07, 6.45) is 4.69. The molecule has 0 unspecified atom stereocenters. The Labute approximate surface area is 120 Å². The van der Waals surface area contributed by atoms with Crippen LogP contribution in [0.4, 0.5) is 0 Å². The van der Waals surface area contributed by atoms with Crippen molar-refractivity contribution in [3.63, 3.8) is 0 Å². The maximum atomic E-state index is 2.35. The van der Waals surface area contributed by atoms with Crippen LogP contribution in [-0.2, 0) is 25.7 Å². The van der Waals surface area contributed by atoms with Gasteiger partial charge in [-0.1, -0.05) is 41.5 Å². The lowest BCUT2D eigenvalue weighted by Gasteiger charge is -2.27. The molecule has 0 heteroatoms. The predicted octanol–water partition coefficient (Wildman–Crippen LogP) is 5.58. The first-order valence-electron chi connectivity index (χ1n) is 7.89. The molecule has 108 valence electrons. The van der Waals surface area contributed by atoms with Crippen LogP contribution in [0.15, 0.2) is 0 Å². The molecule has 0 bridgehead atoms. The molecule has 0 aromatic heterocycles. The maximum Gasteiger partial charge on any atom is -0.0224 e. The summed E-state index contributed by atoms with van der Waals surface area (Å²) in [5, 5.41) is 0. The summed E-state index contributed by atoms with van der Waals surface area (Å²) < 4.78 is 0. The second-order valence-electron chi connectivity index (χ2n) is 6.96. The highest BCUT2D eigenvalue weighted by molar-refractivity contribution is 5.51. The largest absolute Gasteiger partial charge is 0.0613 e. The quantitative estimate of drug-likeness (QED) is 0.663. The van der Waals surface area contributed by atoms with Gasteiger partial charge in [-0.15, -0.1) is 0 Å². The SMILES string of the molecule is CCc1c(C)c(CC)c(CC(C)(C)C)c(CC)c1C. The number of benzene rings is 1. The van der Waals surface area contributed by atoms with Crippen molar-refractivity contribution in [1.29, 1.82) is 0 Å². The van der Waals surface area contributed by atoms with Crippen LogP contribution in [0.2, 0.25) is 0 Å². The molecule has 0 amide bonds. The number of hydrogen-bond acceptors (Lipinski definition) is 0. The Balaban J connectivity index is 3.59. The second-order valence-corrected chi connectivity index (χ2v) is 6.96. The molecule has 0 saturated heterocycles. The minimum atomic E-state index is 0.362. The van der Waals surface area contributed by atoms with E-state index in [1.54, 1.807) is 33.4 Å². The lowest BCUT2D eigenvalue weighted by Crippen LogP contribution is -2.16. The van der Waals surface area contributed by atoms with Gasteiger partial charge >= 0.3 is 0 Å². The van der Waals surface area contributed by atoms with E-state index in [9.17, 15) is 0 Å². The van der Waals surface area contributed by atoms with E-state index in [-0.39, 0.29) is 0 Å². The average molecular weight is 260 g/mol. The molecule has 1 rings (SSSR count). The molecular formula is C19H32. The van der Waals surface area contributed by atoms with Crippen molar-refractivity contribution in [2.45, 2.75) is 81.1 Å². The van der Waals surface area contributed by atoms with Crippen LogP contribution in [0.3, 0.4) is 0 Å². The first-order valence-corrected chi connectivity index (χ1v) is 7.89. The summed E-state index contributed by atoms with van der Waals surface area (Å²) in [6, 6.07) is 0. The average Bonchev–Trinajstić information content (AvgIpc) is 2.28. The fraction of sp³-hybridized carbons (Fsp3) is 0.684. The van der Waals surface area contributed by atoms with Gasteiger partial charge in [0.1, 0.15) is 0 Å². The maximum absolute atomic E-state index is 2.35. The van der Waals surface area contributed by atoms with Gasteiger partial charge in [-0.05, 0) is 78.3 Å². The molecule has 0 nitrogen and oxygen atoms in total. The fourth-order valence-electron chi connectivity index (χ4n) is 3.51. The Bertz CT molecular complexity index is 413. The fourth-order valence-corrected chi connectivity index (χ4v) is 3.51. The van der Waals surface area contributed by atoms with Crippen molar-refractivity contribution >= 4 is 0 Å². The van der Waals surface area contributed by atoms with Crippen molar-refractivity contribution in [3.8, 4) is 0 Å². The van der Waals surface area contributed by atoms with Crippen LogP contribution < -0.4 is 0 Å². The van der Waals surface area contributed by atoms with E-state index in [1.807, 2.05) is 0 Å². The van der Waals surface area contributed by atoms with Gasteiger partial charge in [0.25, 0.3) is 0 Å². The molecule has 1 aromatic rings. The van der Waals surface area contributed by atoms with Gasteiger partial charge in [0.2, 0.25) is 0 Å². The van der Waals surface area contributed by atoms with Gasteiger partial charge in [-0.25, -0.2) is 0 Å². The van der Waals surface area contributed by atoms with Crippen LogP contribution in [0.5, 0.6) is 0 Å². The van der Waals surface area contributed by atoms with Gasteiger partial charge in [-0.3, -0.25) is 0 Å². The van der Waals surface area contributed by atoms with E-state index in [2.05, 4.69) is 55.4 Å². The highest BCUT2D eigenvalue weighted by Gasteiger charge is 2.21. The van der Waals surface area contributed by atoms with Crippen molar-refractivity contribution in [2.24, 2.45) is 5.41 Å². The summed E-state index contributed by atoms with van der Waals surface area (Å²) >= 11 is 0. The lowest BCUT2D eigenvalue weighted by atomic mass is 9.78. The van der Waals surface area contributed by atoms with Gasteiger partial charge in [0, 0.05) is 0 Å². The van der Waals surface area contributed by atoms with Gasteiger partial charge in [0.05, 0.1) is 0 Å². The summed E-state index contributed by atoms with van der Waals surface area (Å²) in [6.45, 7) is 18.6. The third kappa shape index (κ3) is 3.41. The Morgan fingerprint density at radius 1 is 0.632 bits per heavy atom. The van der Waals surface area contributed by atoms with Crippen LogP contribution >= 0.6 is 0 Å². The highest BCUT2D eigenvalue weighted by Crippen LogP contribution is 2.33. The number of rotatable bonds is 4. The molecule has 0 spiro atoms. The molecule has 0 radical (unpaired) electrons. The van der Waals surface area contributed by atoms with Crippen LogP contribution in [0.1, 0.15) is 74.9 Å². The zero-order valence-electron chi connectivity index (χ0n) is 14.3. The Morgan fingerprint density at radius 2 is 1.00 bits per heavy atom. The summed E-state index contributed by atoms with van der Waals surface area (Å²) in [4.78, 5) is 0. The van der Waals surface area contributed by atoms with E-state index >= 15 is 0 Å². The van der Waals surface area contributed by atoms with Crippen LogP contribution in [0, 0.1) is 19.3 Å². The Morgan fingerprint density at radius 3 is 1.26 bits per heavy atom. The van der Waals surface area contributed by atoms with E-state index in [0.29, 0.717) is 5.41 Å². The molecule has 19 heavy (non-hydrogen) atoms. The van der Waals surface area contributed by atoms with Gasteiger partial charge < -0.3 is 0 Å². The Hall–Kier alpha value is -0.780. The third-order valence-electron chi connectivity index (χ3n) is 4.31. The van der Waals surface area contributed by atoms with E-state index < -0.39 is 0 Å². The molecule has 0 aliphatic carbocycles. The van der Waals surface area contributed by atoms with Crippen LogP contribution in [-0.4, -0.2) is 0 Å². The highest BCUT2D eigenvalue weighted by atomic mass is 14.3. The Kier molecular flexibility index (Phi) is 5.24. The zero-order valence-corrected chi connectivity index (χ0v) is 14.3. The van der Waals surface area contributed by atoms with E-state index in [0.717, 1.165) is 19.3 Å². The molecule has 0 heterocycles. The van der Waals surface area contributed by atoms with Crippen LogP contribution in [0.25, 0.3) is 0 Å². The molecule has 0 atom stereocenters. The molecule has 0 aliphatic heterocycles. The topological polar surface area (TPSA) is 0 Å². The minimum absolute atomic E-state index is 0.362. The molecule has 0 saturated carbocycles. The number of hydrogen-bond donors (Lipinski definition) is 0. The normalized spacial score (nSPS) is 12.0. The zero-order chi connectivity index (χ0) is 14.8. The van der Waals surface area contributed by atoms with Crippen molar-refractivity contribution in [1.82, 2.24) is 0 Å². The summed E-state index contributed by atoms with van der Waals surface area (Å²) in [5.74, 6) is 0. The molecular weight excluding hydrogens is 228 g/mol. The second kappa shape index (κ2) is 6.11. The van der Waals surface area contributed by atoms with Crippen molar-refractivity contribution in [3.05, 3.63) is 33.4 Å². The summed E-state index contributed by atoms with van der Waals surface area (Å²) in [5.41, 5.74) is 9.94. The van der Waals surface area contributed by atoms with Gasteiger partial charge in [-0.2, -0.15) is 0 Å². The molecule has 0 aliphatic rings. The molecule has 0 fully saturated rings. The molecule has 0 N–H and O–H groups in total. The van der Waals surface area contributed by atoms with Crippen molar-refractivity contribution in [2.75, 3.05) is 0 Å². The summed E-state index contributed by atoms with van der Waals surface area (Å²) in [7, 11) is 0. The third-order valence-corrected chi connectivity index (χ3v) is 4.31. The first kappa shape index (κ1) is 16.3. The lowest BCUT2D eigenvalue weighted by molar-refractivity contribution is 0.408. The van der Waals surface area contributed by atoms with Crippen molar-refractivity contribution < 1.29 is 0 Å². The predicted molar refractivity (Wildman–Crippen MR) is 87.2 cm³/mol. The standard InChI is InChI=1S/C19H32/c1-9-15-13(4)16(10-2)18(12-19(6,7)8)17(11-3)14(15)5/h9-12H2,1-8H3.